The number of benzene rings is 1. The monoisotopic (exact) mass is 349 g/mol. The number of piperazine rings is 1. The number of fused-ring (bicyclic) bond motifs is 1. The summed E-state index contributed by atoms with van der Waals surface area (Å²) in [7, 11) is 0. The molecule has 0 atom stereocenters. The van der Waals surface area contributed by atoms with Crippen molar-refractivity contribution in [1.29, 1.82) is 0 Å². The van der Waals surface area contributed by atoms with Crippen molar-refractivity contribution in [2.45, 2.75) is 20.4 Å². The van der Waals surface area contributed by atoms with Gasteiger partial charge in [-0.05, 0) is 19.4 Å². The highest BCUT2D eigenvalue weighted by Gasteiger charge is 2.24. The Morgan fingerprint density at radius 1 is 1.08 bits per heavy atom. The van der Waals surface area contributed by atoms with E-state index < -0.39 is 0 Å². The molecule has 3 aromatic rings. The van der Waals surface area contributed by atoms with Gasteiger partial charge in [-0.2, -0.15) is 5.10 Å². The van der Waals surface area contributed by atoms with Crippen molar-refractivity contribution in [3.63, 3.8) is 0 Å². The molecule has 6 heteroatoms. The number of hydrogen-bond acceptors (Lipinski definition) is 4. The van der Waals surface area contributed by atoms with Gasteiger partial charge in [0.2, 0.25) is 0 Å². The first-order valence-electron chi connectivity index (χ1n) is 8.99. The number of carbonyl (C=O) groups excluding carboxylic acids is 1. The Morgan fingerprint density at radius 3 is 2.54 bits per heavy atom. The maximum absolute atomic E-state index is 13.0. The lowest BCUT2D eigenvalue weighted by atomic mass is 10.1. The van der Waals surface area contributed by atoms with Crippen LogP contribution in [0.2, 0.25) is 0 Å². The molecule has 4 rings (SSSR count). The minimum absolute atomic E-state index is 0.0458. The lowest BCUT2D eigenvalue weighted by Crippen LogP contribution is -2.48. The van der Waals surface area contributed by atoms with E-state index in [0.717, 1.165) is 49.8 Å². The van der Waals surface area contributed by atoms with Gasteiger partial charge in [-0.15, -0.1) is 0 Å². The summed E-state index contributed by atoms with van der Waals surface area (Å²) in [5, 5.41) is 4.43. The molecular formula is C20H23N5O. The Morgan fingerprint density at radius 2 is 1.81 bits per heavy atom. The smallest absolute Gasteiger partial charge is 0.257 e. The molecule has 3 heterocycles. The zero-order chi connectivity index (χ0) is 18.1. The highest BCUT2D eigenvalue weighted by Crippen LogP contribution is 2.15. The summed E-state index contributed by atoms with van der Waals surface area (Å²) >= 11 is 0. The molecule has 6 nitrogen and oxygen atoms in total. The van der Waals surface area contributed by atoms with Gasteiger partial charge in [0.15, 0.2) is 5.65 Å². The second kappa shape index (κ2) is 6.88. The Bertz CT molecular complexity index is 926. The third kappa shape index (κ3) is 3.20. The Balaban J connectivity index is 1.44. The van der Waals surface area contributed by atoms with E-state index in [1.807, 2.05) is 30.9 Å². The minimum atomic E-state index is 0.0458. The van der Waals surface area contributed by atoms with E-state index >= 15 is 0 Å². The van der Waals surface area contributed by atoms with Crippen molar-refractivity contribution < 1.29 is 4.79 Å². The zero-order valence-electron chi connectivity index (χ0n) is 15.2. The SMILES string of the molecule is Cc1cc2ncc(C(=O)N3CCN(Cc4ccccc4)CC3)c(C)n2n1. The van der Waals surface area contributed by atoms with E-state index in [1.165, 1.54) is 5.56 Å². The van der Waals surface area contributed by atoms with Crippen LogP contribution >= 0.6 is 0 Å². The quantitative estimate of drug-likeness (QED) is 0.728. The third-order valence-corrected chi connectivity index (χ3v) is 4.99. The van der Waals surface area contributed by atoms with E-state index in [-0.39, 0.29) is 5.91 Å². The lowest BCUT2D eigenvalue weighted by Gasteiger charge is -2.35. The van der Waals surface area contributed by atoms with Crippen molar-refractivity contribution in [2.24, 2.45) is 0 Å². The molecule has 0 aliphatic carbocycles. The largest absolute Gasteiger partial charge is 0.336 e. The first-order chi connectivity index (χ1) is 12.6. The summed E-state index contributed by atoms with van der Waals surface area (Å²) in [5.41, 5.74) is 4.48. The maximum Gasteiger partial charge on any atom is 0.257 e. The molecule has 1 aromatic carbocycles. The predicted molar refractivity (Wildman–Crippen MR) is 100 cm³/mol. The van der Waals surface area contributed by atoms with Crippen LogP contribution in [-0.2, 0) is 6.54 Å². The fraction of sp³-hybridized carbons (Fsp3) is 0.350. The lowest BCUT2D eigenvalue weighted by molar-refractivity contribution is 0.0626. The van der Waals surface area contributed by atoms with Crippen molar-refractivity contribution >= 4 is 11.6 Å². The van der Waals surface area contributed by atoms with Crippen molar-refractivity contribution in [2.75, 3.05) is 26.2 Å². The van der Waals surface area contributed by atoms with Gasteiger partial charge in [-0.1, -0.05) is 30.3 Å². The van der Waals surface area contributed by atoms with Crippen LogP contribution in [0.15, 0.2) is 42.6 Å². The summed E-state index contributed by atoms with van der Waals surface area (Å²) in [4.78, 5) is 21.7. The minimum Gasteiger partial charge on any atom is -0.336 e. The maximum atomic E-state index is 13.0. The number of carbonyl (C=O) groups is 1. The van der Waals surface area contributed by atoms with Gasteiger partial charge < -0.3 is 4.90 Å². The fourth-order valence-electron chi connectivity index (χ4n) is 3.49. The summed E-state index contributed by atoms with van der Waals surface area (Å²) in [6, 6.07) is 12.4. The topological polar surface area (TPSA) is 53.7 Å². The second-order valence-corrected chi connectivity index (χ2v) is 6.87. The van der Waals surface area contributed by atoms with E-state index in [4.69, 9.17) is 0 Å². The van der Waals surface area contributed by atoms with E-state index in [2.05, 4.69) is 39.2 Å². The van der Waals surface area contributed by atoms with Crippen LogP contribution in [0.5, 0.6) is 0 Å². The molecule has 0 radical (unpaired) electrons. The van der Waals surface area contributed by atoms with Gasteiger partial charge in [-0.25, -0.2) is 9.50 Å². The molecule has 0 unspecified atom stereocenters. The van der Waals surface area contributed by atoms with Gasteiger partial charge >= 0.3 is 0 Å². The van der Waals surface area contributed by atoms with Gasteiger partial charge in [0.05, 0.1) is 17.0 Å². The molecule has 1 saturated heterocycles. The van der Waals surface area contributed by atoms with E-state index in [0.29, 0.717) is 5.56 Å². The van der Waals surface area contributed by atoms with Crippen LogP contribution in [0.3, 0.4) is 0 Å². The molecule has 0 spiro atoms. The Kier molecular flexibility index (Phi) is 4.42. The van der Waals surface area contributed by atoms with Crippen LogP contribution < -0.4 is 0 Å². The molecule has 0 bridgehead atoms. The van der Waals surface area contributed by atoms with Crippen LogP contribution in [-0.4, -0.2) is 56.5 Å². The van der Waals surface area contributed by atoms with Crippen LogP contribution in [0.4, 0.5) is 0 Å². The van der Waals surface area contributed by atoms with Crippen LogP contribution in [0.1, 0.15) is 27.3 Å². The normalized spacial score (nSPS) is 15.5. The summed E-state index contributed by atoms with van der Waals surface area (Å²) in [5.74, 6) is 0.0458. The van der Waals surface area contributed by atoms with Gasteiger partial charge in [-0.3, -0.25) is 9.69 Å². The molecule has 134 valence electrons. The second-order valence-electron chi connectivity index (χ2n) is 6.87. The van der Waals surface area contributed by atoms with E-state index in [1.54, 1.807) is 10.7 Å². The van der Waals surface area contributed by atoms with Gasteiger partial charge in [0.1, 0.15) is 0 Å². The first-order valence-corrected chi connectivity index (χ1v) is 8.99. The number of nitrogens with zero attached hydrogens (tertiary/aromatic N) is 5. The number of aromatic nitrogens is 3. The number of rotatable bonds is 3. The highest BCUT2D eigenvalue weighted by molar-refractivity contribution is 5.95. The molecular weight excluding hydrogens is 326 g/mol. The summed E-state index contributed by atoms with van der Waals surface area (Å²) in [6.45, 7) is 8.04. The molecule has 1 aliphatic rings. The van der Waals surface area contributed by atoms with Crippen molar-refractivity contribution in [1.82, 2.24) is 24.4 Å². The molecule has 0 saturated carbocycles. The van der Waals surface area contributed by atoms with Crippen molar-refractivity contribution in [3.8, 4) is 0 Å². The molecule has 1 fully saturated rings. The molecule has 2 aromatic heterocycles. The Hall–Kier alpha value is -2.73. The Labute approximate surface area is 153 Å². The summed E-state index contributed by atoms with van der Waals surface area (Å²) in [6.07, 6.45) is 1.68. The first kappa shape index (κ1) is 16.7. The molecule has 26 heavy (non-hydrogen) atoms. The number of aryl methyl sites for hydroxylation is 2. The van der Waals surface area contributed by atoms with Crippen LogP contribution in [0, 0.1) is 13.8 Å². The standard InChI is InChI=1S/C20H23N5O/c1-15-12-19-21-13-18(16(2)25(19)22-15)20(26)24-10-8-23(9-11-24)14-17-6-4-3-5-7-17/h3-7,12-13H,8-11,14H2,1-2H3. The molecule has 0 N–H and O–H groups in total. The fourth-order valence-corrected chi connectivity index (χ4v) is 3.49. The van der Waals surface area contributed by atoms with E-state index in [9.17, 15) is 4.79 Å². The van der Waals surface area contributed by atoms with Crippen molar-refractivity contribution in [3.05, 3.63) is 65.1 Å². The third-order valence-electron chi connectivity index (χ3n) is 4.99. The van der Waals surface area contributed by atoms with Gasteiger partial charge in [0, 0.05) is 45.0 Å². The van der Waals surface area contributed by atoms with Crippen LogP contribution in [0.25, 0.3) is 5.65 Å². The molecule has 1 amide bonds. The summed E-state index contributed by atoms with van der Waals surface area (Å²) < 4.78 is 1.76. The average molecular weight is 349 g/mol. The highest BCUT2D eigenvalue weighted by atomic mass is 16.2. The number of amides is 1. The predicted octanol–water partition coefficient (Wildman–Crippen LogP) is 2.30. The molecule has 1 aliphatic heterocycles. The average Bonchev–Trinajstić information content (AvgIpc) is 3.04. The van der Waals surface area contributed by atoms with Gasteiger partial charge in [0.25, 0.3) is 5.91 Å². The number of hydrogen-bond donors (Lipinski definition) is 0. The zero-order valence-corrected chi connectivity index (χ0v) is 15.2.